The summed E-state index contributed by atoms with van der Waals surface area (Å²) in [5.74, 6) is 0.453. The van der Waals surface area contributed by atoms with Crippen molar-refractivity contribution >= 4 is 5.69 Å². The molecule has 1 aromatic heterocycles. The summed E-state index contributed by atoms with van der Waals surface area (Å²) in [7, 11) is 1.45. The van der Waals surface area contributed by atoms with E-state index in [0.29, 0.717) is 17.1 Å². The Morgan fingerprint density at radius 2 is 2.00 bits per heavy atom. The Bertz CT molecular complexity index is 563. The number of nitrogens with two attached hydrogens (primary N) is 1. The molecule has 18 heavy (non-hydrogen) atoms. The Morgan fingerprint density at radius 3 is 2.56 bits per heavy atom. The molecule has 0 unspecified atom stereocenters. The maximum absolute atomic E-state index is 12.4. The van der Waals surface area contributed by atoms with E-state index in [1.165, 1.54) is 13.2 Å². The summed E-state index contributed by atoms with van der Waals surface area (Å²) in [6, 6.07) is 4.62. The predicted octanol–water partition coefficient (Wildman–Crippen LogP) is 2.48. The quantitative estimate of drug-likeness (QED) is 0.841. The predicted molar refractivity (Wildman–Crippen MR) is 59.5 cm³/mol. The Labute approximate surface area is 101 Å². The highest BCUT2D eigenvalue weighted by Crippen LogP contribution is 2.29. The standard InChI is InChI=1S/C11H10F3N3O/c1-18-10-3-8(15)2-9(4-10)17-6-7(5-16-17)11(12,13)14/h2-6H,15H2,1H3. The molecule has 4 nitrogen and oxygen atoms in total. The van der Waals surface area contributed by atoms with Crippen LogP contribution < -0.4 is 10.5 Å². The van der Waals surface area contributed by atoms with E-state index < -0.39 is 11.7 Å². The molecule has 2 N–H and O–H groups in total. The number of nitrogens with zero attached hydrogens (tertiary/aromatic N) is 2. The number of anilines is 1. The maximum Gasteiger partial charge on any atom is 0.419 e. The average Bonchev–Trinajstić information content (AvgIpc) is 2.77. The number of hydrogen-bond acceptors (Lipinski definition) is 3. The minimum Gasteiger partial charge on any atom is -0.497 e. The van der Waals surface area contributed by atoms with Gasteiger partial charge in [0.2, 0.25) is 0 Å². The first-order valence-electron chi connectivity index (χ1n) is 4.97. The fraction of sp³-hybridized carbons (Fsp3) is 0.182. The SMILES string of the molecule is COc1cc(N)cc(-n2cc(C(F)(F)F)cn2)c1. The number of aromatic nitrogens is 2. The van der Waals surface area contributed by atoms with E-state index in [1.807, 2.05) is 0 Å². The second-order valence-electron chi connectivity index (χ2n) is 3.64. The second kappa shape index (κ2) is 4.25. The van der Waals surface area contributed by atoms with Crippen molar-refractivity contribution in [1.29, 1.82) is 0 Å². The number of benzene rings is 1. The molecule has 2 rings (SSSR count). The molecular weight excluding hydrogens is 247 g/mol. The molecule has 0 fully saturated rings. The Morgan fingerprint density at radius 1 is 1.28 bits per heavy atom. The molecule has 2 aromatic rings. The largest absolute Gasteiger partial charge is 0.497 e. The lowest BCUT2D eigenvalue weighted by Crippen LogP contribution is -2.03. The summed E-state index contributed by atoms with van der Waals surface area (Å²) < 4.78 is 43.4. The van der Waals surface area contributed by atoms with Gasteiger partial charge in [0.1, 0.15) is 5.75 Å². The van der Waals surface area contributed by atoms with E-state index in [2.05, 4.69) is 5.10 Å². The molecule has 0 aliphatic heterocycles. The van der Waals surface area contributed by atoms with Crippen LogP contribution in [0, 0.1) is 0 Å². The van der Waals surface area contributed by atoms with Gasteiger partial charge in [0.15, 0.2) is 0 Å². The summed E-state index contributed by atoms with van der Waals surface area (Å²) in [6.07, 6.45) is -2.76. The van der Waals surface area contributed by atoms with Crippen LogP contribution >= 0.6 is 0 Å². The summed E-state index contributed by atoms with van der Waals surface area (Å²) in [6.45, 7) is 0. The molecule has 7 heteroatoms. The molecule has 1 aromatic carbocycles. The first-order valence-corrected chi connectivity index (χ1v) is 4.97. The third kappa shape index (κ3) is 2.39. The van der Waals surface area contributed by atoms with Gasteiger partial charge in [0.05, 0.1) is 24.6 Å². The number of hydrogen-bond donors (Lipinski definition) is 1. The molecule has 1 heterocycles. The van der Waals surface area contributed by atoms with E-state index in [1.54, 1.807) is 12.1 Å². The topological polar surface area (TPSA) is 53.1 Å². The van der Waals surface area contributed by atoms with Crippen molar-refractivity contribution in [1.82, 2.24) is 9.78 Å². The monoisotopic (exact) mass is 257 g/mol. The van der Waals surface area contributed by atoms with Crippen LogP contribution in [0.4, 0.5) is 18.9 Å². The summed E-state index contributed by atoms with van der Waals surface area (Å²) >= 11 is 0. The fourth-order valence-corrected chi connectivity index (χ4v) is 1.47. The van der Waals surface area contributed by atoms with Gasteiger partial charge in [-0.3, -0.25) is 0 Å². The number of alkyl halides is 3. The van der Waals surface area contributed by atoms with Crippen LogP contribution in [0.3, 0.4) is 0 Å². The fourth-order valence-electron chi connectivity index (χ4n) is 1.47. The highest BCUT2D eigenvalue weighted by Gasteiger charge is 2.32. The van der Waals surface area contributed by atoms with Crippen molar-refractivity contribution in [2.75, 3.05) is 12.8 Å². The third-order valence-electron chi connectivity index (χ3n) is 2.32. The lowest BCUT2D eigenvalue weighted by molar-refractivity contribution is -0.137. The molecule has 0 aliphatic rings. The van der Waals surface area contributed by atoms with Gasteiger partial charge in [-0.15, -0.1) is 0 Å². The van der Waals surface area contributed by atoms with Gasteiger partial charge >= 0.3 is 6.18 Å². The number of rotatable bonds is 2. The normalized spacial score (nSPS) is 11.6. The molecule has 0 radical (unpaired) electrons. The average molecular weight is 257 g/mol. The first kappa shape index (κ1) is 12.3. The number of methoxy groups -OCH3 is 1. The maximum atomic E-state index is 12.4. The van der Waals surface area contributed by atoms with Crippen LogP contribution in [0.5, 0.6) is 5.75 Å². The second-order valence-corrected chi connectivity index (χ2v) is 3.64. The number of halogens is 3. The van der Waals surface area contributed by atoms with Gasteiger partial charge in [-0.05, 0) is 6.07 Å². The summed E-state index contributed by atoms with van der Waals surface area (Å²) in [4.78, 5) is 0. The first-order chi connectivity index (χ1) is 8.40. The molecule has 0 atom stereocenters. The zero-order valence-electron chi connectivity index (χ0n) is 9.40. The molecule has 0 saturated heterocycles. The smallest absolute Gasteiger partial charge is 0.419 e. The molecule has 0 bridgehead atoms. The lowest BCUT2D eigenvalue weighted by atomic mass is 10.2. The van der Waals surface area contributed by atoms with Gasteiger partial charge in [-0.25, -0.2) is 4.68 Å². The Hall–Kier alpha value is -2.18. The van der Waals surface area contributed by atoms with Gasteiger partial charge in [-0.1, -0.05) is 0 Å². The van der Waals surface area contributed by atoms with Gasteiger partial charge in [-0.2, -0.15) is 18.3 Å². The van der Waals surface area contributed by atoms with E-state index in [0.717, 1.165) is 17.1 Å². The van der Waals surface area contributed by atoms with Crippen LogP contribution in [0.15, 0.2) is 30.6 Å². The molecule has 96 valence electrons. The van der Waals surface area contributed by atoms with Crippen molar-refractivity contribution < 1.29 is 17.9 Å². The zero-order valence-corrected chi connectivity index (χ0v) is 9.40. The highest BCUT2D eigenvalue weighted by molar-refractivity contribution is 5.53. The van der Waals surface area contributed by atoms with Crippen LogP contribution in [0.2, 0.25) is 0 Å². The van der Waals surface area contributed by atoms with E-state index in [9.17, 15) is 13.2 Å². The van der Waals surface area contributed by atoms with Crippen LogP contribution in [-0.2, 0) is 6.18 Å². The van der Waals surface area contributed by atoms with Crippen LogP contribution in [0.25, 0.3) is 5.69 Å². The Balaban J connectivity index is 2.43. The summed E-state index contributed by atoms with van der Waals surface area (Å²) in [5.41, 5.74) is 5.59. The van der Waals surface area contributed by atoms with Gasteiger partial charge in [0.25, 0.3) is 0 Å². The van der Waals surface area contributed by atoms with Crippen molar-refractivity contribution in [2.45, 2.75) is 6.18 Å². The van der Waals surface area contributed by atoms with Crippen molar-refractivity contribution in [2.24, 2.45) is 0 Å². The molecular formula is C11H10F3N3O. The molecule has 0 aliphatic carbocycles. The molecule has 0 amide bonds. The minimum absolute atomic E-state index is 0.383. The zero-order chi connectivity index (χ0) is 13.3. The lowest BCUT2D eigenvalue weighted by Gasteiger charge is -2.06. The van der Waals surface area contributed by atoms with E-state index in [-0.39, 0.29) is 0 Å². The molecule has 0 spiro atoms. The van der Waals surface area contributed by atoms with Crippen molar-refractivity contribution in [3.63, 3.8) is 0 Å². The highest BCUT2D eigenvalue weighted by atomic mass is 19.4. The van der Waals surface area contributed by atoms with Crippen LogP contribution in [-0.4, -0.2) is 16.9 Å². The van der Waals surface area contributed by atoms with Gasteiger partial charge in [0, 0.05) is 24.0 Å². The van der Waals surface area contributed by atoms with Gasteiger partial charge < -0.3 is 10.5 Å². The number of nitrogen functional groups attached to an aromatic ring is 1. The summed E-state index contributed by atoms with van der Waals surface area (Å²) in [5, 5.41) is 3.65. The third-order valence-corrected chi connectivity index (χ3v) is 2.32. The van der Waals surface area contributed by atoms with Crippen LogP contribution in [0.1, 0.15) is 5.56 Å². The van der Waals surface area contributed by atoms with E-state index in [4.69, 9.17) is 10.5 Å². The van der Waals surface area contributed by atoms with Crippen molar-refractivity contribution in [3.05, 3.63) is 36.2 Å². The Kier molecular flexibility index (Phi) is 2.90. The minimum atomic E-state index is -4.41. The molecule has 0 saturated carbocycles. The number of ether oxygens (including phenoxy) is 1. The van der Waals surface area contributed by atoms with E-state index >= 15 is 0 Å². The van der Waals surface area contributed by atoms with Crippen molar-refractivity contribution in [3.8, 4) is 11.4 Å².